The SMILES string of the molecule is CCNC(=NCc1c(CC)noc1CC)NCc1nccn1CCCc1ccccc1. The van der Waals surface area contributed by atoms with Crippen LogP contribution in [0.3, 0.4) is 0 Å². The Morgan fingerprint density at radius 2 is 1.94 bits per heavy atom. The van der Waals surface area contributed by atoms with Gasteiger partial charge in [-0.2, -0.15) is 0 Å². The molecule has 166 valence electrons. The molecule has 0 saturated carbocycles. The summed E-state index contributed by atoms with van der Waals surface area (Å²) in [4.78, 5) is 9.29. The molecule has 0 atom stereocenters. The Bertz CT molecular complexity index is 923. The van der Waals surface area contributed by atoms with Gasteiger partial charge in [-0.1, -0.05) is 49.3 Å². The fraction of sp³-hybridized carbons (Fsp3) is 0.458. The first-order valence-corrected chi connectivity index (χ1v) is 11.3. The van der Waals surface area contributed by atoms with Gasteiger partial charge in [0.2, 0.25) is 0 Å². The lowest BCUT2D eigenvalue weighted by atomic mass is 10.1. The van der Waals surface area contributed by atoms with Crippen molar-refractivity contribution < 1.29 is 4.52 Å². The molecule has 2 heterocycles. The summed E-state index contributed by atoms with van der Waals surface area (Å²) in [6, 6.07) is 10.6. The van der Waals surface area contributed by atoms with Gasteiger partial charge in [-0.15, -0.1) is 0 Å². The highest BCUT2D eigenvalue weighted by Gasteiger charge is 2.13. The zero-order chi connectivity index (χ0) is 21.9. The van der Waals surface area contributed by atoms with Gasteiger partial charge in [0.05, 0.1) is 18.8 Å². The summed E-state index contributed by atoms with van der Waals surface area (Å²) < 4.78 is 7.67. The zero-order valence-corrected chi connectivity index (χ0v) is 18.9. The topological polar surface area (TPSA) is 80.3 Å². The molecule has 0 saturated heterocycles. The molecule has 0 amide bonds. The molecule has 0 bridgehead atoms. The van der Waals surface area contributed by atoms with Crippen LogP contribution < -0.4 is 10.6 Å². The van der Waals surface area contributed by atoms with Crippen molar-refractivity contribution in [3.8, 4) is 0 Å². The summed E-state index contributed by atoms with van der Waals surface area (Å²) in [5.74, 6) is 2.70. The second-order valence-electron chi connectivity index (χ2n) is 7.41. The predicted octanol–water partition coefficient (Wildman–Crippen LogP) is 3.88. The Morgan fingerprint density at radius 3 is 2.68 bits per heavy atom. The minimum absolute atomic E-state index is 0.552. The Labute approximate surface area is 185 Å². The molecule has 7 heteroatoms. The maximum Gasteiger partial charge on any atom is 0.191 e. The van der Waals surface area contributed by atoms with Crippen LogP contribution in [0.25, 0.3) is 0 Å². The fourth-order valence-corrected chi connectivity index (χ4v) is 3.59. The molecule has 0 spiro atoms. The molecule has 0 radical (unpaired) electrons. The van der Waals surface area contributed by atoms with Crippen LogP contribution >= 0.6 is 0 Å². The van der Waals surface area contributed by atoms with E-state index in [0.717, 1.165) is 67.6 Å². The van der Waals surface area contributed by atoms with Crippen LogP contribution in [0.1, 0.15) is 55.6 Å². The molecule has 0 unspecified atom stereocenters. The molecular weight excluding hydrogens is 388 g/mol. The van der Waals surface area contributed by atoms with E-state index in [9.17, 15) is 0 Å². The molecule has 0 aliphatic rings. The van der Waals surface area contributed by atoms with Crippen molar-refractivity contribution in [2.75, 3.05) is 6.54 Å². The highest BCUT2D eigenvalue weighted by Crippen LogP contribution is 2.16. The first-order valence-electron chi connectivity index (χ1n) is 11.3. The van der Waals surface area contributed by atoms with Gasteiger partial charge < -0.3 is 19.7 Å². The fourth-order valence-electron chi connectivity index (χ4n) is 3.59. The van der Waals surface area contributed by atoms with E-state index in [0.29, 0.717) is 13.1 Å². The molecule has 0 aliphatic carbocycles. The van der Waals surface area contributed by atoms with Crippen LogP contribution in [0.4, 0.5) is 0 Å². The van der Waals surface area contributed by atoms with Gasteiger partial charge in [0.25, 0.3) is 0 Å². The number of rotatable bonds is 11. The van der Waals surface area contributed by atoms with E-state index >= 15 is 0 Å². The lowest BCUT2D eigenvalue weighted by Crippen LogP contribution is -2.37. The number of nitrogens with one attached hydrogen (secondary N) is 2. The number of benzene rings is 1. The molecule has 31 heavy (non-hydrogen) atoms. The number of aromatic nitrogens is 3. The van der Waals surface area contributed by atoms with E-state index in [1.165, 1.54) is 5.56 Å². The highest BCUT2D eigenvalue weighted by molar-refractivity contribution is 5.79. The molecule has 2 N–H and O–H groups in total. The summed E-state index contributed by atoms with van der Waals surface area (Å²) in [6.45, 7) is 9.14. The molecule has 0 aliphatic heterocycles. The molecule has 3 rings (SSSR count). The minimum Gasteiger partial charge on any atom is -0.361 e. The first kappa shape index (κ1) is 22.6. The summed E-state index contributed by atoms with van der Waals surface area (Å²) in [6.07, 6.45) is 7.72. The van der Waals surface area contributed by atoms with Crippen molar-refractivity contribution in [2.45, 2.75) is 66.1 Å². The quantitative estimate of drug-likeness (QED) is 0.362. The number of hydrogen-bond donors (Lipinski definition) is 2. The summed E-state index contributed by atoms with van der Waals surface area (Å²) in [7, 11) is 0. The molecular formula is C24H34N6O. The standard InChI is InChI=1S/C24H34N6O/c1-4-21-20(22(5-2)31-29-21)17-27-24(25-6-3)28-18-23-26-14-16-30(23)15-10-13-19-11-8-7-9-12-19/h7-9,11-12,14,16H,4-6,10,13,15,17-18H2,1-3H3,(H2,25,27,28). The van der Waals surface area contributed by atoms with Crippen LogP contribution in [0.15, 0.2) is 52.2 Å². The number of imidazole rings is 1. The summed E-state index contributed by atoms with van der Waals surface area (Å²) >= 11 is 0. The number of aliphatic imine (C=N–C) groups is 1. The Kier molecular flexibility index (Phi) is 8.70. The van der Waals surface area contributed by atoms with Crippen LogP contribution in [-0.4, -0.2) is 27.2 Å². The maximum atomic E-state index is 5.46. The van der Waals surface area contributed by atoms with Crippen molar-refractivity contribution in [3.05, 3.63) is 71.1 Å². The van der Waals surface area contributed by atoms with Crippen molar-refractivity contribution in [2.24, 2.45) is 4.99 Å². The van der Waals surface area contributed by atoms with E-state index < -0.39 is 0 Å². The number of guanidine groups is 1. The van der Waals surface area contributed by atoms with Crippen LogP contribution in [0.5, 0.6) is 0 Å². The second-order valence-corrected chi connectivity index (χ2v) is 7.41. The third-order valence-electron chi connectivity index (χ3n) is 5.27. The van der Waals surface area contributed by atoms with Gasteiger partial charge in [0, 0.05) is 37.5 Å². The average Bonchev–Trinajstić information content (AvgIpc) is 3.42. The normalized spacial score (nSPS) is 11.6. The predicted molar refractivity (Wildman–Crippen MR) is 124 cm³/mol. The van der Waals surface area contributed by atoms with Gasteiger partial charge in [-0.25, -0.2) is 9.98 Å². The third-order valence-corrected chi connectivity index (χ3v) is 5.27. The maximum absolute atomic E-state index is 5.46. The highest BCUT2D eigenvalue weighted by atomic mass is 16.5. The number of hydrogen-bond acceptors (Lipinski definition) is 4. The van der Waals surface area contributed by atoms with Crippen molar-refractivity contribution >= 4 is 5.96 Å². The zero-order valence-electron chi connectivity index (χ0n) is 18.9. The monoisotopic (exact) mass is 422 g/mol. The van der Waals surface area contributed by atoms with Crippen molar-refractivity contribution in [1.82, 2.24) is 25.3 Å². The largest absolute Gasteiger partial charge is 0.361 e. The lowest BCUT2D eigenvalue weighted by molar-refractivity contribution is 0.380. The van der Waals surface area contributed by atoms with E-state index in [2.05, 4.69) is 76.4 Å². The second kappa shape index (κ2) is 11.9. The Balaban J connectivity index is 1.57. The van der Waals surface area contributed by atoms with E-state index in [-0.39, 0.29) is 0 Å². The van der Waals surface area contributed by atoms with Crippen LogP contribution in [0, 0.1) is 0 Å². The molecule has 2 aromatic heterocycles. The summed E-state index contributed by atoms with van der Waals surface area (Å²) in [5.41, 5.74) is 3.46. The summed E-state index contributed by atoms with van der Waals surface area (Å²) in [5, 5.41) is 10.9. The van der Waals surface area contributed by atoms with E-state index in [1.54, 1.807) is 0 Å². The van der Waals surface area contributed by atoms with Gasteiger partial charge in [0.15, 0.2) is 5.96 Å². The van der Waals surface area contributed by atoms with Crippen LogP contribution in [-0.2, 0) is 38.9 Å². The lowest BCUT2D eigenvalue weighted by Gasteiger charge is -2.13. The number of nitrogens with zero attached hydrogens (tertiary/aromatic N) is 4. The van der Waals surface area contributed by atoms with Crippen LogP contribution in [0.2, 0.25) is 0 Å². The van der Waals surface area contributed by atoms with Crippen molar-refractivity contribution in [3.63, 3.8) is 0 Å². The van der Waals surface area contributed by atoms with Gasteiger partial charge in [0.1, 0.15) is 11.6 Å². The Morgan fingerprint density at radius 1 is 1.10 bits per heavy atom. The minimum atomic E-state index is 0.552. The van der Waals surface area contributed by atoms with E-state index in [1.807, 2.05) is 12.4 Å². The first-order chi connectivity index (χ1) is 15.2. The van der Waals surface area contributed by atoms with E-state index in [4.69, 9.17) is 9.52 Å². The van der Waals surface area contributed by atoms with Gasteiger partial charge in [-0.3, -0.25) is 0 Å². The smallest absolute Gasteiger partial charge is 0.191 e. The molecule has 7 nitrogen and oxygen atoms in total. The molecule has 3 aromatic rings. The molecule has 1 aromatic carbocycles. The van der Waals surface area contributed by atoms with Gasteiger partial charge >= 0.3 is 0 Å². The molecule has 0 fully saturated rings. The Hall–Kier alpha value is -3.09. The van der Waals surface area contributed by atoms with Crippen molar-refractivity contribution in [1.29, 1.82) is 0 Å². The third kappa shape index (κ3) is 6.44. The van der Waals surface area contributed by atoms with Gasteiger partial charge in [-0.05, 0) is 31.7 Å². The number of aryl methyl sites for hydroxylation is 4. The average molecular weight is 423 g/mol.